The van der Waals surface area contributed by atoms with Crippen LogP contribution in [0.5, 0.6) is 0 Å². The Morgan fingerprint density at radius 3 is 2.50 bits per heavy atom. The van der Waals surface area contributed by atoms with E-state index >= 15 is 0 Å². The number of sulfonamides is 1. The lowest BCUT2D eigenvalue weighted by Gasteiger charge is -2.10. The molecule has 5 nitrogen and oxygen atoms in total. The van der Waals surface area contributed by atoms with Gasteiger partial charge in [0, 0.05) is 12.1 Å². The number of nitrogens with one attached hydrogen (secondary N) is 1. The highest BCUT2D eigenvalue weighted by atomic mass is 32.2. The number of benzene rings is 1. The molecule has 0 saturated carbocycles. The zero-order valence-corrected chi connectivity index (χ0v) is 12.2. The molecule has 0 atom stereocenters. The lowest BCUT2D eigenvalue weighted by Crippen LogP contribution is -2.25. The quantitative estimate of drug-likeness (QED) is 0.816. The summed E-state index contributed by atoms with van der Waals surface area (Å²) >= 11 is 0. The molecular formula is C13H16FNO4S. The lowest BCUT2D eigenvalue weighted by atomic mass is 10.1. The molecule has 0 heterocycles. The Labute approximate surface area is 117 Å². The zero-order valence-electron chi connectivity index (χ0n) is 11.4. The molecule has 1 aromatic carbocycles. The largest absolute Gasteiger partial charge is 0.478 e. The van der Waals surface area contributed by atoms with Crippen molar-refractivity contribution in [1.82, 2.24) is 4.72 Å². The van der Waals surface area contributed by atoms with Gasteiger partial charge in [-0.2, -0.15) is 0 Å². The van der Waals surface area contributed by atoms with Gasteiger partial charge in [-0.1, -0.05) is 11.6 Å². The molecule has 2 N–H and O–H groups in total. The first-order valence-electron chi connectivity index (χ1n) is 5.81. The molecule has 0 unspecified atom stereocenters. The van der Waals surface area contributed by atoms with E-state index in [9.17, 15) is 17.6 Å². The number of allylic oxidation sites excluding steroid dienone is 1. The van der Waals surface area contributed by atoms with Crippen LogP contribution in [0, 0.1) is 12.7 Å². The first-order chi connectivity index (χ1) is 9.15. The monoisotopic (exact) mass is 301 g/mol. The Morgan fingerprint density at radius 1 is 1.40 bits per heavy atom. The topological polar surface area (TPSA) is 83.5 Å². The minimum absolute atomic E-state index is 0.0586. The Morgan fingerprint density at radius 2 is 2.00 bits per heavy atom. The van der Waals surface area contributed by atoms with Gasteiger partial charge in [0.05, 0.1) is 10.5 Å². The molecule has 0 radical (unpaired) electrons. The standard InChI is InChI=1S/C13H16FNO4S/c1-8(2)4-5-15-20(18,19)12-7-10(13(16)17)6-11(14)9(12)3/h4,6-7,15H,5H2,1-3H3,(H,16,17). The van der Waals surface area contributed by atoms with Gasteiger partial charge in [0.25, 0.3) is 0 Å². The van der Waals surface area contributed by atoms with Crippen LogP contribution in [0.1, 0.15) is 29.8 Å². The van der Waals surface area contributed by atoms with Crippen LogP contribution in [-0.2, 0) is 10.0 Å². The maximum atomic E-state index is 13.6. The average Bonchev–Trinajstić information content (AvgIpc) is 2.31. The van der Waals surface area contributed by atoms with Gasteiger partial charge in [0.1, 0.15) is 5.82 Å². The highest BCUT2D eigenvalue weighted by Gasteiger charge is 2.21. The van der Waals surface area contributed by atoms with Gasteiger partial charge in [0.2, 0.25) is 10.0 Å². The van der Waals surface area contributed by atoms with E-state index in [1.54, 1.807) is 6.08 Å². The predicted molar refractivity (Wildman–Crippen MR) is 72.7 cm³/mol. The van der Waals surface area contributed by atoms with E-state index in [0.29, 0.717) is 0 Å². The van der Waals surface area contributed by atoms with E-state index in [2.05, 4.69) is 4.72 Å². The smallest absolute Gasteiger partial charge is 0.335 e. The minimum atomic E-state index is -3.96. The maximum absolute atomic E-state index is 13.6. The molecule has 110 valence electrons. The Kier molecular flexibility index (Phi) is 5.02. The van der Waals surface area contributed by atoms with Crippen LogP contribution in [0.3, 0.4) is 0 Å². The fourth-order valence-electron chi connectivity index (χ4n) is 1.49. The summed E-state index contributed by atoms with van der Waals surface area (Å²) in [7, 11) is -3.96. The molecule has 0 saturated heterocycles. The molecule has 7 heteroatoms. The number of rotatable bonds is 5. The van der Waals surface area contributed by atoms with E-state index in [1.807, 2.05) is 13.8 Å². The summed E-state index contributed by atoms with van der Waals surface area (Å²) in [5, 5.41) is 8.85. The van der Waals surface area contributed by atoms with Gasteiger partial charge in [-0.05, 0) is 32.9 Å². The van der Waals surface area contributed by atoms with E-state index in [4.69, 9.17) is 5.11 Å². The summed E-state index contributed by atoms with van der Waals surface area (Å²) in [6.45, 7) is 4.97. The second-order valence-corrected chi connectivity index (χ2v) is 6.26. The Hall–Kier alpha value is -1.73. The van der Waals surface area contributed by atoms with E-state index < -0.39 is 27.4 Å². The van der Waals surface area contributed by atoms with Crippen molar-refractivity contribution in [2.45, 2.75) is 25.7 Å². The van der Waals surface area contributed by atoms with Gasteiger partial charge in [-0.3, -0.25) is 0 Å². The molecule has 0 amide bonds. The van der Waals surface area contributed by atoms with Crippen molar-refractivity contribution in [1.29, 1.82) is 0 Å². The van der Waals surface area contributed by atoms with Gasteiger partial charge in [0.15, 0.2) is 0 Å². The fraction of sp³-hybridized carbons (Fsp3) is 0.308. The van der Waals surface area contributed by atoms with Crippen molar-refractivity contribution in [3.05, 3.63) is 40.7 Å². The highest BCUT2D eigenvalue weighted by Crippen LogP contribution is 2.20. The van der Waals surface area contributed by atoms with E-state index in [-0.39, 0.29) is 17.0 Å². The van der Waals surface area contributed by atoms with Crippen LogP contribution in [0.2, 0.25) is 0 Å². The molecule has 0 aliphatic heterocycles. The maximum Gasteiger partial charge on any atom is 0.335 e. The third-order valence-electron chi connectivity index (χ3n) is 2.62. The number of halogens is 1. The number of carbonyl (C=O) groups is 1. The van der Waals surface area contributed by atoms with Crippen molar-refractivity contribution in [2.24, 2.45) is 0 Å². The second kappa shape index (κ2) is 6.15. The van der Waals surface area contributed by atoms with Crippen molar-refractivity contribution < 1.29 is 22.7 Å². The lowest BCUT2D eigenvalue weighted by molar-refractivity contribution is 0.0696. The van der Waals surface area contributed by atoms with Crippen LogP contribution in [0.15, 0.2) is 28.7 Å². The minimum Gasteiger partial charge on any atom is -0.478 e. The first-order valence-corrected chi connectivity index (χ1v) is 7.30. The van der Waals surface area contributed by atoms with Crippen LogP contribution < -0.4 is 4.72 Å². The van der Waals surface area contributed by atoms with Gasteiger partial charge < -0.3 is 5.11 Å². The summed E-state index contributed by atoms with van der Waals surface area (Å²) < 4.78 is 40.0. The van der Waals surface area contributed by atoms with Crippen LogP contribution in [0.25, 0.3) is 0 Å². The van der Waals surface area contributed by atoms with Gasteiger partial charge >= 0.3 is 5.97 Å². The molecule has 20 heavy (non-hydrogen) atoms. The summed E-state index contributed by atoms with van der Waals surface area (Å²) in [6, 6.07) is 1.75. The molecular weight excluding hydrogens is 285 g/mol. The van der Waals surface area contributed by atoms with Crippen LogP contribution in [-0.4, -0.2) is 26.0 Å². The zero-order chi connectivity index (χ0) is 15.5. The van der Waals surface area contributed by atoms with Crippen molar-refractivity contribution in [2.75, 3.05) is 6.54 Å². The first kappa shape index (κ1) is 16.3. The molecule has 0 aliphatic rings. The SMILES string of the molecule is CC(C)=CCNS(=O)(=O)c1cc(C(=O)O)cc(F)c1C. The number of hydrogen-bond acceptors (Lipinski definition) is 3. The molecule has 1 rings (SSSR count). The number of carboxylic acid groups (broad SMARTS) is 1. The van der Waals surface area contributed by atoms with Crippen LogP contribution in [0.4, 0.5) is 4.39 Å². The third kappa shape index (κ3) is 3.88. The van der Waals surface area contributed by atoms with Crippen molar-refractivity contribution in [3.8, 4) is 0 Å². The summed E-state index contributed by atoms with van der Waals surface area (Å²) in [5.74, 6) is -2.25. The van der Waals surface area contributed by atoms with Crippen LogP contribution >= 0.6 is 0 Å². The number of hydrogen-bond donors (Lipinski definition) is 2. The summed E-state index contributed by atoms with van der Waals surface area (Å²) in [6.07, 6.45) is 1.66. The van der Waals surface area contributed by atoms with E-state index in [0.717, 1.165) is 17.7 Å². The van der Waals surface area contributed by atoms with Crippen molar-refractivity contribution >= 4 is 16.0 Å². The molecule has 0 aliphatic carbocycles. The van der Waals surface area contributed by atoms with Gasteiger partial charge in [-0.15, -0.1) is 0 Å². The third-order valence-corrected chi connectivity index (χ3v) is 4.17. The molecule has 0 fully saturated rings. The molecule has 0 aromatic heterocycles. The Balaban J connectivity index is 3.24. The fourth-order valence-corrected chi connectivity index (χ4v) is 2.73. The van der Waals surface area contributed by atoms with Gasteiger partial charge in [-0.25, -0.2) is 22.3 Å². The normalized spacial score (nSPS) is 11.2. The molecule has 1 aromatic rings. The number of aromatic carboxylic acids is 1. The number of carboxylic acids is 1. The second-order valence-electron chi connectivity index (χ2n) is 4.52. The molecule has 0 bridgehead atoms. The Bertz CT molecular complexity index is 661. The average molecular weight is 301 g/mol. The highest BCUT2D eigenvalue weighted by molar-refractivity contribution is 7.89. The summed E-state index contributed by atoms with van der Waals surface area (Å²) in [5.41, 5.74) is 0.408. The van der Waals surface area contributed by atoms with Crippen molar-refractivity contribution in [3.63, 3.8) is 0 Å². The summed E-state index contributed by atoms with van der Waals surface area (Å²) in [4.78, 5) is 10.5. The van der Waals surface area contributed by atoms with E-state index in [1.165, 1.54) is 6.92 Å². The predicted octanol–water partition coefficient (Wildman–Crippen LogP) is 2.08. The molecule has 0 spiro atoms.